The molecule has 0 saturated carbocycles. The van der Waals surface area contributed by atoms with E-state index in [1.165, 1.54) is 6.42 Å². The first kappa shape index (κ1) is 13.2. The van der Waals surface area contributed by atoms with Crippen LogP contribution in [0.3, 0.4) is 0 Å². The van der Waals surface area contributed by atoms with Crippen molar-refractivity contribution < 1.29 is 9.47 Å². The molecule has 2 N–H and O–H groups in total. The summed E-state index contributed by atoms with van der Waals surface area (Å²) in [6.45, 7) is 4.76. The van der Waals surface area contributed by atoms with Crippen LogP contribution in [-0.4, -0.2) is 44.8 Å². The first-order chi connectivity index (χ1) is 8.81. The van der Waals surface area contributed by atoms with Crippen LogP contribution in [0, 0.1) is 5.92 Å². The van der Waals surface area contributed by atoms with Crippen LogP contribution in [0.25, 0.3) is 0 Å². The lowest BCUT2D eigenvalue weighted by atomic mass is 10.1. The third-order valence-electron chi connectivity index (χ3n) is 3.44. The van der Waals surface area contributed by atoms with Crippen molar-refractivity contribution in [2.45, 2.75) is 6.42 Å². The highest BCUT2D eigenvalue weighted by Crippen LogP contribution is 2.18. The maximum Gasteiger partial charge on any atom is 0.119 e. The van der Waals surface area contributed by atoms with E-state index < -0.39 is 0 Å². The molecule has 1 saturated heterocycles. The molecule has 18 heavy (non-hydrogen) atoms. The molecule has 0 aliphatic carbocycles. The van der Waals surface area contributed by atoms with Gasteiger partial charge in [0, 0.05) is 13.1 Å². The summed E-state index contributed by atoms with van der Waals surface area (Å²) in [5.74, 6) is 2.42. The molecule has 0 bridgehead atoms. The summed E-state index contributed by atoms with van der Waals surface area (Å²) in [6, 6.07) is 7.70. The van der Waals surface area contributed by atoms with E-state index in [2.05, 4.69) is 4.90 Å². The molecule has 1 aromatic rings. The van der Waals surface area contributed by atoms with Crippen molar-refractivity contribution in [3.8, 4) is 11.5 Å². The number of hydrogen-bond acceptors (Lipinski definition) is 4. The SMILES string of the molecule is COc1ccc(OCCN2CCC(CN)C2)cc1. The second-order valence-electron chi connectivity index (χ2n) is 4.72. The lowest BCUT2D eigenvalue weighted by molar-refractivity contribution is 0.233. The fraction of sp³-hybridized carbons (Fsp3) is 0.571. The zero-order valence-corrected chi connectivity index (χ0v) is 11.0. The first-order valence-electron chi connectivity index (χ1n) is 6.51. The Labute approximate surface area is 109 Å². The summed E-state index contributed by atoms with van der Waals surface area (Å²) in [5, 5.41) is 0. The third-order valence-corrected chi connectivity index (χ3v) is 3.44. The van der Waals surface area contributed by atoms with Crippen LogP contribution in [0.5, 0.6) is 11.5 Å². The number of rotatable bonds is 6. The molecule has 4 nitrogen and oxygen atoms in total. The standard InChI is InChI=1S/C14H22N2O2/c1-17-13-2-4-14(5-3-13)18-9-8-16-7-6-12(10-15)11-16/h2-5,12H,6-11,15H2,1H3. The average Bonchev–Trinajstić information content (AvgIpc) is 2.87. The Bertz CT molecular complexity index is 353. The number of likely N-dealkylation sites (tertiary alicyclic amines) is 1. The Hall–Kier alpha value is -1.26. The molecule has 1 aromatic carbocycles. The molecule has 1 aliphatic rings. The third kappa shape index (κ3) is 3.62. The summed E-state index contributed by atoms with van der Waals surface area (Å²) in [4.78, 5) is 2.42. The highest BCUT2D eigenvalue weighted by atomic mass is 16.5. The second kappa shape index (κ2) is 6.61. The van der Waals surface area contributed by atoms with Crippen molar-refractivity contribution in [1.29, 1.82) is 0 Å². The molecular formula is C14H22N2O2. The van der Waals surface area contributed by atoms with Crippen molar-refractivity contribution in [2.24, 2.45) is 11.7 Å². The number of nitrogens with zero attached hydrogens (tertiary/aromatic N) is 1. The van der Waals surface area contributed by atoms with Crippen molar-refractivity contribution >= 4 is 0 Å². The van der Waals surface area contributed by atoms with Crippen molar-refractivity contribution in [1.82, 2.24) is 4.90 Å². The number of ether oxygens (including phenoxy) is 2. The summed E-state index contributed by atoms with van der Waals surface area (Å²) in [6.07, 6.45) is 1.22. The molecule has 1 fully saturated rings. The molecule has 4 heteroatoms. The van der Waals surface area contributed by atoms with Crippen LogP contribution >= 0.6 is 0 Å². The van der Waals surface area contributed by atoms with Gasteiger partial charge < -0.3 is 15.2 Å². The lowest BCUT2D eigenvalue weighted by Gasteiger charge is -2.16. The van der Waals surface area contributed by atoms with Crippen LogP contribution in [0.2, 0.25) is 0 Å². The van der Waals surface area contributed by atoms with Crippen LogP contribution in [0.1, 0.15) is 6.42 Å². The van der Waals surface area contributed by atoms with Crippen LogP contribution < -0.4 is 15.2 Å². The summed E-state index contributed by atoms with van der Waals surface area (Å²) < 4.78 is 10.8. The van der Waals surface area contributed by atoms with Crippen LogP contribution in [-0.2, 0) is 0 Å². The van der Waals surface area contributed by atoms with Gasteiger partial charge in [0.25, 0.3) is 0 Å². The topological polar surface area (TPSA) is 47.7 Å². The van der Waals surface area contributed by atoms with E-state index in [-0.39, 0.29) is 0 Å². The van der Waals surface area contributed by atoms with E-state index >= 15 is 0 Å². The van der Waals surface area contributed by atoms with E-state index in [9.17, 15) is 0 Å². The lowest BCUT2D eigenvalue weighted by Crippen LogP contribution is -2.27. The fourth-order valence-electron chi connectivity index (χ4n) is 2.27. The molecule has 1 atom stereocenters. The minimum atomic E-state index is 0.672. The molecule has 0 amide bonds. The zero-order chi connectivity index (χ0) is 12.8. The highest BCUT2D eigenvalue weighted by Gasteiger charge is 2.20. The molecule has 1 aliphatic heterocycles. The first-order valence-corrected chi connectivity index (χ1v) is 6.51. The highest BCUT2D eigenvalue weighted by molar-refractivity contribution is 5.31. The van der Waals surface area contributed by atoms with Crippen molar-refractivity contribution in [3.05, 3.63) is 24.3 Å². The molecule has 2 rings (SSSR count). The number of nitrogens with two attached hydrogens (primary N) is 1. The van der Waals surface area contributed by atoms with Gasteiger partial charge in [-0.2, -0.15) is 0 Å². The van der Waals surface area contributed by atoms with Gasteiger partial charge in [0.15, 0.2) is 0 Å². The van der Waals surface area contributed by atoms with Gasteiger partial charge in [0.2, 0.25) is 0 Å². The largest absolute Gasteiger partial charge is 0.497 e. The monoisotopic (exact) mass is 250 g/mol. The van der Waals surface area contributed by atoms with E-state index in [0.717, 1.165) is 44.3 Å². The fourth-order valence-corrected chi connectivity index (χ4v) is 2.27. The second-order valence-corrected chi connectivity index (χ2v) is 4.72. The quantitative estimate of drug-likeness (QED) is 0.828. The van der Waals surface area contributed by atoms with Gasteiger partial charge >= 0.3 is 0 Å². The summed E-state index contributed by atoms with van der Waals surface area (Å²) in [5.41, 5.74) is 5.67. The number of hydrogen-bond donors (Lipinski definition) is 1. The molecule has 0 aromatic heterocycles. The minimum Gasteiger partial charge on any atom is -0.497 e. The van der Waals surface area contributed by atoms with Gasteiger partial charge in [-0.15, -0.1) is 0 Å². The molecule has 0 radical (unpaired) electrons. The van der Waals surface area contributed by atoms with E-state index in [1.54, 1.807) is 7.11 Å². The van der Waals surface area contributed by atoms with Crippen molar-refractivity contribution in [2.75, 3.05) is 39.9 Å². The Morgan fingerprint density at radius 3 is 2.61 bits per heavy atom. The Morgan fingerprint density at radius 1 is 1.28 bits per heavy atom. The number of methoxy groups -OCH3 is 1. The van der Waals surface area contributed by atoms with E-state index in [1.807, 2.05) is 24.3 Å². The van der Waals surface area contributed by atoms with E-state index in [0.29, 0.717) is 5.92 Å². The number of benzene rings is 1. The predicted molar refractivity (Wildman–Crippen MR) is 72.1 cm³/mol. The maximum absolute atomic E-state index is 5.71. The minimum absolute atomic E-state index is 0.672. The maximum atomic E-state index is 5.71. The molecule has 100 valence electrons. The van der Waals surface area contributed by atoms with Crippen LogP contribution in [0.4, 0.5) is 0 Å². The Kier molecular flexibility index (Phi) is 4.84. The van der Waals surface area contributed by atoms with Gasteiger partial charge in [-0.05, 0) is 49.7 Å². The summed E-state index contributed by atoms with van der Waals surface area (Å²) in [7, 11) is 1.66. The molecule has 0 spiro atoms. The van der Waals surface area contributed by atoms with Crippen LogP contribution in [0.15, 0.2) is 24.3 Å². The zero-order valence-electron chi connectivity index (χ0n) is 11.0. The summed E-state index contributed by atoms with van der Waals surface area (Å²) >= 11 is 0. The van der Waals surface area contributed by atoms with Gasteiger partial charge in [0.05, 0.1) is 7.11 Å². The molecular weight excluding hydrogens is 228 g/mol. The average molecular weight is 250 g/mol. The normalized spacial score (nSPS) is 20.0. The van der Waals surface area contributed by atoms with Gasteiger partial charge in [-0.25, -0.2) is 0 Å². The van der Waals surface area contributed by atoms with Gasteiger partial charge in [-0.1, -0.05) is 0 Å². The van der Waals surface area contributed by atoms with Gasteiger partial charge in [0.1, 0.15) is 18.1 Å². The van der Waals surface area contributed by atoms with Gasteiger partial charge in [-0.3, -0.25) is 4.90 Å². The Morgan fingerprint density at radius 2 is 2.00 bits per heavy atom. The predicted octanol–water partition coefficient (Wildman–Crippen LogP) is 1.35. The molecule has 1 heterocycles. The molecule has 1 unspecified atom stereocenters. The Balaban J connectivity index is 1.68. The smallest absolute Gasteiger partial charge is 0.119 e. The van der Waals surface area contributed by atoms with Crippen molar-refractivity contribution in [3.63, 3.8) is 0 Å². The van der Waals surface area contributed by atoms with E-state index in [4.69, 9.17) is 15.2 Å².